The second kappa shape index (κ2) is 2.53. The highest BCUT2D eigenvalue weighted by molar-refractivity contribution is 5.85. The summed E-state index contributed by atoms with van der Waals surface area (Å²) in [4.78, 5) is 13.5. The number of nitrogen functional groups attached to an aromatic ring is 1. The van der Waals surface area contributed by atoms with Crippen LogP contribution in [0.1, 0.15) is 10.5 Å². The molecule has 1 rings (SSSR count). The molecule has 58 valence electrons. The maximum Gasteiger partial charge on any atom is 0.354 e. The number of aromatic carboxylic acids is 1. The van der Waals surface area contributed by atoms with Crippen LogP contribution in [0.4, 0.5) is 10.2 Å². The summed E-state index contributed by atoms with van der Waals surface area (Å²) >= 11 is 0. The van der Waals surface area contributed by atoms with Gasteiger partial charge in [-0.15, -0.1) is 0 Å². The Balaban J connectivity index is 3.15. The Bertz CT molecular complexity index is 301. The summed E-state index contributed by atoms with van der Waals surface area (Å²) in [6, 6.07) is 2.01. The van der Waals surface area contributed by atoms with Gasteiger partial charge in [-0.3, -0.25) is 0 Å². The number of pyridine rings is 1. The highest BCUT2D eigenvalue weighted by Crippen LogP contribution is 2.06. The molecule has 0 amide bonds. The predicted octanol–water partition coefficient (Wildman–Crippen LogP) is 0.501. The molecule has 1 aromatic heterocycles. The molecule has 0 radical (unpaired) electrons. The number of nitrogens with zero attached hydrogens (tertiary/aromatic N) is 1. The maximum atomic E-state index is 12.4. The fourth-order valence-electron chi connectivity index (χ4n) is 0.577. The average molecular weight is 156 g/mol. The lowest BCUT2D eigenvalue weighted by atomic mass is 10.3. The van der Waals surface area contributed by atoms with Gasteiger partial charge in [0.2, 0.25) is 0 Å². The monoisotopic (exact) mass is 156 g/mol. The highest BCUT2D eigenvalue weighted by atomic mass is 19.1. The fourth-order valence-corrected chi connectivity index (χ4v) is 0.577. The lowest BCUT2D eigenvalue weighted by molar-refractivity contribution is 0.0690. The van der Waals surface area contributed by atoms with Crippen molar-refractivity contribution in [3.05, 3.63) is 23.6 Å². The number of rotatable bonds is 1. The van der Waals surface area contributed by atoms with Crippen LogP contribution >= 0.6 is 0 Å². The highest BCUT2D eigenvalue weighted by Gasteiger charge is 2.06. The quantitative estimate of drug-likeness (QED) is 0.620. The largest absolute Gasteiger partial charge is 0.477 e. The van der Waals surface area contributed by atoms with Gasteiger partial charge < -0.3 is 10.8 Å². The third-order valence-corrected chi connectivity index (χ3v) is 1.09. The Hall–Kier alpha value is -1.65. The first-order valence-electron chi connectivity index (χ1n) is 2.76. The van der Waals surface area contributed by atoms with E-state index in [1.807, 2.05) is 0 Å². The molecule has 0 fully saturated rings. The van der Waals surface area contributed by atoms with Gasteiger partial charge >= 0.3 is 5.97 Å². The van der Waals surface area contributed by atoms with Crippen LogP contribution in [0.5, 0.6) is 0 Å². The summed E-state index contributed by atoms with van der Waals surface area (Å²) in [5.41, 5.74) is 4.75. The smallest absolute Gasteiger partial charge is 0.354 e. The van der Waals surface area contributed by atoms with Crippen molar-refractivity contribution in [3.8, 4) is 0 Å². The van der Waals surface area contributed by atoms with Crippen LogP contribution in [0.2, 0.25) is 0 Å². The lowest BCUT2D eigenvalue weighted by Crippen LogP contribution is -2.04. The standard InChI is InChI=1S/C6H5FN2O2/c7-3-1-2-4(6(10)11)9-5(3)8/h1-2H,(H2,8,9)(H,10,11). The van der Waals surface area contributed by atoms with E-state index >= 15 is 0 Å². The number of halogens is 1. The first kappa shape index (κ1) is 7.46. The molecule has 0 saturated carbocycles. The second-order valence-corrected chi connectivity index (χ2v) is 1.87. The minimum Gasteiger partial charge on any atom is -0.477 e. The van der Waals surface area contributed by atoms with E-state index in [2.05, 4.69) is 4.98 Å². The lowest BCUT2D eigenvalue weighted by Gasteiger charge is -1.95. The average Bonchev–Trinajstić information content (AvgIpc) is 1.94. The number of nitrogens with two attached hydrogens (primary N) is 1. The Morgan fingerprint density at radius 3 is 2.73 bits per heavy atom. The summed E-state index contributed by atoms with van der Waals surface area (Å²) in [7, 11) is 0. The number of hydrogen-bond donors (Lipinski definition) is 2. The van der Waals surface area contributed by atoms with E-state index in [9.17, 15) is 9.18 Å². The summed E-state index contributed by atoms with van der Waals surface area (Å²) < 4.78 is 12.4. The molecule has 0 spiro atoms. The van der Waals surface area contributed by atoms with Crippen LogP contribution in [-0.2, 0) is 0 Å². The Kier molecular flexibility index (Phi) is 1.72. The molecule has 5 heteroatoms. The van der Waals surface area contributed by atoms with Gasteiger partial charge in [-0.1, -0.05) is 0 Å². The third kappa shape index (κ3) is 1.43. The number of hydrogen-bond acceptors (Lipinski definition) is 3. The fraction of sp³-hybridized carbons (Fsp3) is 0. The molecule has 0 aliphatic rings. The van der Waals surface area contributed by atoms with Gasteiger partial charge in [0.15, 0.2) is 17.3 Å². The first-order valence-corrected chi connectivity index (χ1v) is 2.76. The second-order valence-electron chi connectivity index (χ2n) is 1.87. The maximum absolute atomic E-state index is 12.4. The van der Waals surface area contributed by atoms with Gasteiger partial charge in [0.05, 0.1) is 0 Å². The van der Waals surface area contributed by atoms with Crippen molar-refractivity contribution in [2.75, 3.05) is 5.73 Å². The molecular weight excluding hydrogens is 151 g/mol. The van der Waals surface area contributed by atoms with Crippen molar-refractivity contribution in [1.29, 1.82) is 0 Å². The van der Waals surface area contributed by atoms with Gasteiger partial charge in [-0.25, -0.2) is 14.2 Å². The molecule has 0 aliphatic carbocycles. The summed E-state index contributed by atoms with van der Waals surface area (Å²) in [5, 5.41) is 8.36. The van der Waals surface area contributed by atoms with Gasteiger partial charge in [-0.05, 0) is 12.1 Å². The van der Waals surface area contributed by atoms with E-state index in [-0.39, 0.29) is 5.69 Å². The molecule has 0 aromatic carbocycles. The van der Waals surface area contributed by atoms with E-state index in [1.165, 1.54) is 0 Å². The zero-order valence-electron chi connectivity index (χ0n) is 5.41. The van der Waals surface area contributed by atoms with E-state index in [0.717, 1.165) is 12.1 Å². The number of carboxylic acids is 1. The topological polar surface area (TPSA) is 76.2 Å². The van der Waals surface area contributed by atoms with Crippen LogP contribution < -0.4 is 5.73 Å². The zero-order chi connectivity index (χ0) is 8.43. The van der Waals surface area contributed by atoms with Gasteiger partial charge in [0.25, 0.3) is 0 Å². The summed E-state index contributed by atoms with van der Waals surface area (Å²) in [5.74, 6) is -2.34. The first-order chi connectivity index (χ1) is 5.11. The molecule has 3 N–H and O–H groups in total. The van der Waals surface area contributed by atoms with Crippen LogP contribution in [0.25, 0.3) is 0 Å². The molecule has 11 heavy (non-hydrogen) atoms. The van der Waals surface area contributed by atoms with Crippen LogP contribution in [0, 0.1) is 5.82 Å². The number of aromatic nitrogens is 1. The predicted molar refractivity (Wildman–Crippen MR) is 35.6 cm³/mol. The summed E-state index contributed by atoms with van der Waals surface area (Å²) in [6.07, 6.45) is 0. The zero-order valence-corrected chi connectivity index (χ0v) is 5.41. The van der Waals surface area contributed by atoms with Crippen molar-refractivity contribution < 1.29 is 14.3 Å². The Labute approximate surface area is 61.5 Å². The molecule has 0 bridgehead atoms. The van der Waals surface area contributed by atoms with Crippen molar-refractivity contribution in [1.82, 2.24) is 4.98 Å². The molecule has 0 saturated heterocycles. The Morgan fingerprint density at radius 1 is 1.64 bits per heavy atom. The van der Waals surface area contributed by atoms with Crippen molar-refractivity contribution in [2.45, 2.75) is 0 Å². The summed E-state index contributed by atoms with van der Waals surface area (Å²) in [6.45, 7) is 0. The van der Waals surface area contributed by atoms with Crippen molar-refractivity contribution in [2.24, 2.45) is 0 Å². The minimum atomic E-state index is -1.23. The van der Waals surface area contributed by atoms with Gasteiger partial charge in [0.1, 0.15) is 0 Å². The SMILES string of the molecule is Nc1nc(C(=O)O)ccc1F. The number of carboxylic acid groups (broad SMARTS) is 1. The van der Waals surface area contributed by atoms with E-state index in [1.54, 1.807) is 0 Å². The molecule has 0 unspecified atom stereocenters. The Morgan fingerprint density at radius 2 is 2.27 bits per heavy atom. The molecular formula is C6H5FN2O2. The normalized spacial score (nSPS) is 9.55. The van der Waals surface area contributed by atoms with Gasteiger partial charge in [0, 0.05) is 0 Å². The molecule has 4 nitrogen and oxygen atoms in total. The van der Waals surface area contributed by atoms with Crippen molar-refractivity contribution in [3.63, 3.8) is 0 Å². The molecule has 1 heterocycles. The van der Waals surface area contributed by atoms with Crippen LogP contribution in [0.15, 0.2) is 12.1 Å². The van der Waals surface area contributed by atoms with Crippen LogP contribution in [0.3, 0.4) is 0 Å². The van der Waals surface area contributed by atoms with Crippen LogP contribution in [-0.4, -0.2) is 16.1 Å². The molecule has 0 atom stereocenters. The number of anilines is 1. The molecule has 0 aliphatic heterocycles. The molecule has 1 aromatic rings. The van der Waals surface area contributed by atoms with E-state index < -0.39 is 17.6 Å². The van der Waals surface area contributed by atoms with E-state index in [4.69, 9.17) is 10.8 Å². The minimum absolute atomic E-state index is 0.260. The number of carbonyl (C=O) groups is 1. The third-order valence-electron chi connectivity index (χ3n) is 1.09. The van der Waals surface area contributed by atoms with Crippen molar-refractivity contribution >= 4 is 11.8 Å². The van der Waals surface area contributed by atoms with E-state index in [0.29, 0.717) is 0 Å². The van der Waals surface area contributed by atoms with Gasteiger partial charge in [-0.2, -0.15) is 0 Å².